The maximum Gasteiger partial charge on any atom is 0.256 e. The van der Waals surface area contributed by atoms with E-state index in [1.807, 2.05) is 13.0 Å². The highest BCUT2D eigenvalue weighted by atomic mass is 32.2. The summed E-state index contributed by atoms with van der Waals surface area (Å²) in [6.07, 6.45) is 0. The largest absolute Gasteiger partial charge is 0.492 e. The zero-order chi connectivity index (χ0) is 21.7. The molecule has 0 bridgehead atoms. The second kappa shape index (κ2) is 9.26. The summed E-state index contributed by atoms with van der Waals surface area (Å²) >= 11 is 0. The highest BCUT2D eigenvalue weighted by Crippen LogP contribution is 2.27. The maximum absolute atomic E-state index is 13.0. The van der Waals surface area contributed by atoms with Crippen LogP contribution in [0, 0.1) is 18.3 Å². The van der Waals surface area contributed by atoms with Crippen LogP contribution >= 0.6 is 0 Å². The monoisotopic (exact) mass is 429 g/mol. The zero-order valence-electron chi connectivity index (χ0n) is 16.8. The van der Waals surface area contributed by atoms with Crippen LogP contribution < -0.4 is 10.1 Å². The molecule has 0 saturated carbocycles. The Morgan fingerprint density at radius 1 is 1.23 bits per heavy atom. The molecule has 1 amide bonds. The number of carbonyl (C=O) groups is 1. The van der Waals surface area contributed by atoms with Gasteiger partial charge in [-0.3, -0.25) is 4.79 Å². The lowest BCUT2D eigenvalue weighted by Gasteiger charge is -2.26. The normalized spacial score (nSPS) is 14.7. The van der Waals surface area contributed by atoms with Gasteiger partial charge in [-0.15, -0.1) is 0 Å². The van der Waals surface area contributed by atoms with E-state index in [2.05, 4.69) is 5.32 Å². The second-order valence-corrected chi connectivity index (χ2v) is 8.64. The summed E-state index contributed by atoms with van der Waals surface area (Å²) in [6, 6.07) is 11.2. The number of hydrogen-bond acceptors (Lipinski definition) is 6. The van der Waals surface area contributed by atoms with Gasteiger partial charge in [-0.1, -0.05) is 6.07 Å². The third-order valence-corrected chi connectivity index (χ3v) is 6.61. The maximum atomic E-state index is 13.0. The van der Waals surface area contributed by atoms with Gasteiger partial charge in [0.15, 0.2) is 0 Å². The topological polar surface area (TPSA) is 109 Å². The van der Waals surface area contributed by atoms with Gasteiger partial charge in [-0.2, -0.15) is 9.57 Å². The Hall–Kier alpha value is -2.93. The van der Waals surface area contributed by atoms with Crippen molar-refractivity contribution >= 4 is 21.6 Å². The van der Waals surface area contributed by atoms with Gasteiger partial charge in [0.25, 0.3) is 5.91 Å². The molecule has 1 heterocycles. The van der Waals surface area contributed by atoms with Crippen LogP contribution in [0.1, 0.15) is 28.4 Å². The molecule has 0 spiro atoms. The van der Waals surface area contributed by atoms with E-state index >= 15 is 0 Å². The van der Waals surface area contributed by atoms with Gasteiger partial charge in [-0.05, 0) is 49.7 Å². The van der Waals surface area contributed by atoms with Crippen molar-refractivity contribution in [3.05, 3.63) is 53.1 Å². The highest BCUT2D eigenvalue weighted by Gasteiger charge is 2.27. The van der Waals surface area contributed by atoms with Gasteiger partial charge in [0.2, 0.25) is 10.0 Å². The van der Waals surface area contributed by atoms with Crippen LogP contribution in [-0.4, -0.2) is 51.5 Å². The lowest BCUT2D eigenvalue weighted by Crippen LogP contribution is -2.40. The number of aryl methyl sites for hydroxylation is 1. The first kappa shape index (κ1) is 21.8. The number of anilines is 1. The van der Waals surface area contributed by atoms with Crippen molar-refractivity contribution in [3.63, 3.8) is 0 Å². The minimum Gasteiger partial charge on any atom is -0.492 e. The second-order valence-electron chi connectivity index (χ2n) is 6.70. The fourth-order valence-corrected chi connectivity index (χ4v) is 4.55. The Morgan fingerprint density at radius 3 is 2.63 bits per heavy atom. The van der Waals surface area contributed by atoms with E-state index < -0.39 is 15.9 Å². The van der Waals surface area contributed by atoms with Gasteiger partial charge >= 0.3 is 0 Å². The molecular weight excluding hydrogens is 406 g/mol. The molecule has 0 aliphatic carbocycles. The van der Waals surface area contributed by atoms with E-state index in [9.17, 15) is 13.2 Å². The average Bonchev–Trinajstić information content (AvgIpc) is 2.75. The van der Waals surface area contributed by atoms with Crippen molar-refractivity contribution in [3.8, 4) is 11.8 Å². The number of morpholine rings is 1. The first-order valence-corrected chi connectivity index (χ1v) is 11.0. The van der Waals surface area contributed by atoms with Crippen molar-refractivity contribution < 1.29 is 22.7 Å². The Labute approximate surface area is 176 Å². The number of nitriles is 1. The highest BCUT2D eigenvalue weighted by molar-refractivity contribution is 7.89. The third kappa shape index (κ3) is 4.62. The molecule has 1 fully saturated rings. The number of hydrogen-bond donors (Lipinski definition) is 1. The van der Waals surface area contributed by atoms with E-state index in [4.69, 9.17) is 14.7 Å². The molecule has 2 aromatic rings. The predicted molar refractivity (Wildman–Crippen MR) is 111 cm³/mol. The number of benzene rings is 2. The first-order chi connectivity index (χ1) is 14.4. The van der Waals surface area contributed by atoms with Crippen molar-refractivity contribution in [1.82, 2.24) is 4.31 Å². The van der Waals surface area contributed by atoms with E-state index in [-0.39, 0.29) is 23.5 Å². The molecule has 8 nitrogen and oxygen atoms in total. The number of rotatable bonds is 6. The Balaban J connectivity index is 1.92. The van der Waals surface area contributed by atoms with Gasteiger partial charge in [0.05, 0.1) is 42.0 Å². The quantitative estimate of drug-likeness (QED) is 0.756. The summed E-state index contributed by atoms with van der Waals surface area (Å²) in [5.41, 5.74) is 1.58. The summed E-state index contributed by atoms with van der Waals surface area (Å²) in [7, 11) is -3.73. The van der Waals surface area contributed by atoms with Crippen LogP contribution in [0.5, 0.6) is 5.75 Å². The standard InChI is InChI=1S/C21H23N3O5S/c1-3-29-20-7-5-16(14-22)12-19(20)23-21(25)18-13-17(6-4-15(18)2)30(26,27)24-8-10-28-11-9-24/h4-7,12-13H,3,8-11H2,1-2H3,(H,23,25). The molecule has 30 heavy (non-hydrogen) atoms. The summed E-state index contributed by atoms with van der Waals surface area (Å²) in [6.45, 7) is 5.17. The lowest BCUT2D eigenvalue weighted by atomic mass is 10.1. The van der Waals surface area contributed by atoms with E-state index in [1.165, 1.54) is 22.5 Å². The molecule has 0 aromatic heterocycles. The number of sulfonamides is 1. The molecule has 0 atom stereocenters. The molecule has 0 unspecified atom stereocenters. The summed E-state index contributed by atoms with van der Waals surface area (Å²) in [5, 5.41) is 11.9. The molecule has 3 rings (SSSR count). The van der Waals surface area contributed by atoms with Crippen molar-refractivity contribution in [2.75, 3.05) is 38.2 Å². The molecule has 9 heteroatoms. The van der Waals surface area contributed by atoms with Gasteiger partial charge in [-0.25, -0.2) is 8.42 Å². The summed E-state index contributed by atoms with van der Waals surface area (Å²) < 4.78 is 38.0. The first-order valence-electron chi connectivity index (χ1n) is 9.53. The molecule has 158 valence electrons. The fourth-order valence-electron chi connectivity index (χ4n) is 3.11. The van der Waals surface area contributed by atoms with Crippen LogP contribution in [0.3, 0.4) is 0 Å². The van der Waals surface area contributed by atoms with E-state index in [0.717, 1.165) is 0 Å². The lowest BCUT2D eigenvalue weighted by molar-refractivity contribution is 0.0730. The Kier molecular flexibility index (Phi) is 6.72. The molecule has 1 saturated heterocycles. The molecular formula is C21H23N3O5S. The number of nitrogens with one attached hydrogen (secondary N) is 1. The minimum atomic E-state index is -3.73. The van der Waals surface area contributed by atoms with Crippen molar-refractivity contribution in [2.24, 2.45) is 0 Å². The molecule has 1 N–H and O–H groups in total. The number of ether oxygens (including phenoxy) is 2. The number of amides is 1. The van der Waals surface area contributed by atoms with E-state index in [0.29, 0.717) is 42.4 Å². The van der Waals surface area contributed by atoms with Crippen LogP contribution in [0.25, 0.3) is 0 Å². The Morgan fingerprint density at radius 2 is 1.97 bits per heavy atom. The molecule has 1 aliphatic rings. The van der Waals surface area contributed by atoms with Crippen LogP contribution in [0.2, 0.25) is 0 Å². The van der Waals surface area contributed by atoms with E-state index in [1.54, 1.807) is 25.1 Å². The van der Waals surface area contributed by atoms with Crippen LogP contribution in [0.15, 0.2) is 41.3 Å². The van der Waals surface area contributed by atoms with Crippen molar-refractivity contribution in [1.29, 1.82) is 5.26 Å². The summed E-state index contributed by atoms with van der Waals surface area (Å²) in [4.78, 5) is 13.0. The van der Waals surface area contributed by atoms with Crippen LogP contribution in [0.4, 0.5) is 5.69 Å². The van der Waals surface area contributed by atoms with Crippen molar-refractivity contribution in [2.45, 2.75) is 18.7 Å². The Bertz CT molecular complexity index is 1090. The SMILES string of the molecule is CCOc1ccc(C#N)cc1NC(=O)c1cc(S(=O)(=O)N2CCOCC2)ccc1C. The van der Waals surface area contributed by atoms with Gasteiger partial charge in [0.1, 0.15) is 5.75 Å². The van der Waals surface area contributed by atoms with Gasteiger partial charge < -0.3 is 14.8 Å². The summed E-state index contributed by atoms with van der Waals surface area (Å²) in [5.74, 6) is -0.0535. The predicted octanol–water partition coefficient (Wildman–Crippen LogP) is 2.54. The zero-order valence-corrected chi connectivity index (χ0v) is 17.7. The van der Waals surface area contributed by atoms with Gasteiger partial charge in [0, 0.05) is 18.7 Å². The third-order valence-electron chi connectivity index (χ3n) is 4.72. The fraction of sp³-hybridized carbons (Fsp3) is 0.333. The number of nitrogens with zero attached hydrogens (tertiary/aromatic N) is 2. The molecule has 0 radical (unpaired) electrons. The average molecular weight is 429 g/mol. The smallest absolute Gasteiger partial charge is 0.256 e. The molecule has 2 aromatic carbocycles. The van der Waals surface area contributed by atoms with Crippen LogP contribution in [-0.2, 0) is 14.8 Å². The minimum absolute atomic E-state index is 0.0518. The molecule has 1 aliphatic heterocycles. The number of carbonyl (C=O) groups excluding carboxylic acids is 1.